The molecule has 32 heavy (non-hydrogen) atoms. The molecule has 1 aromatic carbocycles. The van der Waals surface area contributed by atoms with Crippen molar-refractivity contribution in [2.75, 3.05) is 5.32 Å². The van der Waals surface area contributed by atoms with Gasteiger partial charge in [-0.3, -0.25) is 9.59 Å². The first-order chi connectivity index (χ1) is 15.2. The minimum Gasteiger partial charge on any atom is -0.448 e. The van der Waals surface area contributed by atoms with Gasteiger partial charge < -0.3 is 15.8 Å². The number of nitrogens with zero attached hydrogens (tertiary/aromatic N) is 2. The summed E-state index contributed by atoms with van der Waals surface area (Å²) in [7, 11) is 0. The molecule has 0 fully saturated rings. The molecule has 3 aromatic heterocycles. The Labute approximate surface area is 195 Å². The number of hydrogen-bond donors (Lipinski definition) is 2. The van der Waals surface area contributed by atoms with Gasteiger partial charge in [-0.05, 0) is 49.6 Å². The molecule has 3 heterocycles. The normalized spacial score (nSPS) is 12.0. The number of hydrogen-bond acceptors (Lipinski definition) is 7. The monoisotopic (exact) mass is 488 g/mol. The van der Waals surface area contributed by atoms with E-state index in [0.29, 0.717) is 14.9 Å². The number of rotatable bonds is 6. The van der Waals surface area contributed by atoms with Gasteiger partial charge in [-0.15, -0.1) is 22.7 Å². The van der Waals surface area contributed by atoms with Gasteiger partial charge in [0.15, 0.2) is 6.10 Å². The van der Waals surface area contributed by atoms with Crippen LogP contribution in [-0.4, -0.2) is 33.7 Å². The van der Waals surface area contributed by atoms with Crippen molar-refractivity contribution in [3.05, 3.63) is 62.9 Å². The van der Waals surface area contributed by atoms with E-state index in [-0.39, 0.29) is 5.56 Å². The van der Waals surface area contributed by atoms with Crippen molar-refractivity contribution >= 4 is 67.3 Å². The summed E-state index contributed by atoms with van der Waals surface area (Å²) in [5.74, 6) is -1.85. The number of nitrogens with one attached hydrogen (secondary N) is 1. The minimum atomic E-state index is -1.08. The maximum absolute atomic E-state index is 12.7. The van der Waals surface area contributed by atoms with Gasteiger partial charge in [0.25, 0.3) is 11.8 Å². The van der Waals surface area contributed by atoms with Crippen molar-refractivity contribution < 1.29 is 19.1 Å². The highest BCUT2D eigenvalue weighted by molar-refractivity contribution is 7.20. The number of aryl methyl sites for hydroxylation is 1. The average Bonchev–Trinajstić information content (AvgIpc) is 3.44. The number of esters is 1. The lowest BCUT2D eigenvalue weighted by molar-refractivity contribution is -0.123. The van der Waals surface area contributed by atoms with E-state index in [9.17, 15) is 14.4 Å². The van der Waals surface area contributed by atoms with E-state index in [4.69, 9.17) is 22.1 Å². The molecule has 0 spiro atoms. The smallest absolute Gasteiger partial charge is 0.349 e. The summed E-state index contributed by atoms with van der Waals surface area (Å²) in [6.45, 7) is 3.30. The first-order valence-electron chi connectivity index (χ1n) is 9.39. The predicted molar refractivity (Wildman–Crippen MR) is 125 cm³/mol. The van der Waals surface area contributed by atoms with Crippen molar-refractivity contribution in [2.24, 2.45) is 5.73 Å². The molecule has 0 radical (unpaired) electrons. The quantitative estimate of drug-likeness (QED) is 0.390. The number of benzene rings is 1. The van der Waals surface area contributed by atoms with Crippen LogP contribution in [0.1, 0.15) is 32.6 Å². The van der Waals surface area contributed by atoms with Gasteiger partial charge in [-0.1, -0.05) is 17.7 Å². The van der Waals surface area contributed by atoms with E-state index in [1.54, 1.807) is 28.3 Å². The van der Waals surface area contributed by atoms with Crippen LogP contribution in [0.2, 0.25) is 5.02 Å². The fourth-order valence-electron chi connectivity index (χ4n) is 3.02. The highest BCUT2D eigenvalue weighted by Gasteiger charge is 2.24. The van der Waals surface area contributed by atoms with Crippen LogP contribution in [0, 0.1) is 6.92 Å². The summed E-state index contributed by atoms with van der Waals surface area (Å²) in [4.78, 5) is 37.7. The van der Waals surface area contributed by atoms with Crippen molar-refractivity contribution in [1.29, 1.82) is 0 Å². The Balaban J connectivity index is 1.52. The van der Waals surface area contributed by atoms with E-state index in [2.05, 4.69) is 10.4 Å². The van der Waals surface area contributed by atoms with E-state index < -0.39 is 23.9 Å². The van der Waals surface area contributed by atoms with Crippen LogP contribution in [0.25, 0.3) is 15.9 Å². The number of ether oxygens (including phenoxy) is 1. The molecule has 0 aliphatic heterocycles. The molecule has 3 N–H and O–H groups in total. The van der Waals surface area contributed by atoms with E-state index in [1.807, 2.05) is 19.1 Å². The predicted octanol–water partition coefficient (Wildman–Crippen LogP) is 4.39. The number of anilines is 1. The van der Waals surface area contributed by atoms with Crippen LogP contribution in [0.3, 0.4) is 0 Å². The summed E-state index contributed by atoms with van der Waals surface area (Å²) >= 11 is 8.46. The van der Waals surface area contributed by atoms with E-state index in [0.717, 1.165) is 32.9 Å². The topological polar surface area (TPSA) is 116 Å². The zero-order valence-corrected chi connectivity index (χ0v) is 19.3. The Kier molecular flexibility index (Phi) is 6.00. The van der Waals surface area contributed by atoms with Crippen molar-refractivity contribution in [1.82, 2.24) is 9.78 Å². The van der Waals surface area contributed by atoms with Gasteiger partial charge >= 0.3 is 5.97 Å². The molecule has 4 aromatic rings. The second kappa shape index (κ2) is 8.73. The number of carbonyl (C=O) groups excluding carboxylic acids is 3. The first-order valence-corrected chi connectivity index (χ1v) is 11.5. The molecule has 4 rings (SSSR count). The molecule has 2 amide bonds. The van der Waals surface area contributed by atoms with Gasteiger partial charge in [0.2, 0.25) is 0 Å². The summed E-state index contributed by atoms with van der Waals surface area (Å²) in [5, 5.41) is 10.4. The highest BCUT2D eigenvalue weighted by atomic mass is 35.5. The lowest BCUT2D eigenvalue weighted by Crippen LogP contribution is -2.30. The van der Waals surface area contributed by atoms with Crippen LogP contribution in [0.5, 0.6) is 0 Å². The SMILES string of the molecule is Cc1nn(-c2cccc(Cl)c2)c2sc(C(=O)OC(C)C(=O)Nc3sccc3C(N)=O)cc12. The van der Waals surface area contributed by atoms with E-state index in [1.165, 1.54) is 24.3 Å². The molecule has 0 saturated heterocycles. The third-order valence-corrected chi connectivity index (χ3v) is 6.77. The molecule has 0 saturated carbocycles. The number of primary amides is 1. The zero-order valence-electron chi connectivity index (χ0n) is 16.9. The van der Waals surface area contributed by atoms with Crippen LogP contribution >= 0.6 is 34.3 Å². The van der Waals surface area contributed by atoms with Gasteiger partial charge in [0.1, 0.15) is 14.7 Å². The Morgan fingerprint density at radius 1 is 1.25 bits per heavy atom. The van der Waals surface area contributed by atoms with Gasteiger partial charge in [-0.25, -0.2) is 9.48 Å². The number of nitrogens with two attached hydrogens (primary N) is 1. The molecule has 164 valence electrons. The number of thiophene rings is 2. The van der Waals surface area contributed by atoms with Gasteiger partial charge in [-0.2, -0.15) is 5.10 Å². The molecule has 11 heteroatoms. The Bertz CT molecular complexity index is 1360. The number of fused-ring (bicyclic) bond motifs is 1. The molecule has 8 nitrogen and oxygen atoms in total. The maximum Gasteiger partial charge on any atom is 0.349 e. The van der Waals surface area contributed by atoms with E-state index >= 15 is 0 Å². The third-order valence-electron chi connectivity index (χ3n) is 4.62. The number of amides is 2. The van der Waals surface area contributed by atoms with Gasteiger partial charge in [0.05, 0.1) is 16.9 Å². The van der Waals surface area contributed by atoms with Crippen molar-refractivity contribution in [3.8, 4) is 5.69 Å². The van der Waals surface area contributed by atoms with Crippen molar-refractivity contribution in [2.45, 2.75) is 20.0 Å². The Hall–Kier alpha value is -3.21. The number of aromatic nitrogens is 2. The largest absolute Gasteiger partial charge is 0.448 e. The third kappa shape index (κ3) is 4.24. The van der Waals surface area contributed by atoms with Crippen molar-refractivity contribution in [3.63, 3.8) is 0 Å². The van der Waals surface area contributed by atoms with Crippen LogP contribution in [-0.2, 0) is 9.53 Å². The Morgan fingerprint density at radius 3 is 2.75 bits per heavy atom. The summed E-state index contributed by atoms with van der Waals surface area (Å²) in [6.07, 6.45) is -1.08. The zero-order chi connectivity index (χ0) is 23.0. The molecule has 0 aliphatic rings. The summed E-state index contributed by atoms with van der Waals surface area (Å²) in [5.41, 5.74) is 7.01. The molecule has 1 atom stereocenters. The first kappa shape index (κ1) is 22.0. The van der Waals surface area contributed by atoms with Crippen LogP contribution < -0.4 is 11.1 Å². The number of halogens is 1. The molecule has 0 bridgehead atoms. The lowest BCUT2D eigenvalue weighted by Gasteiger charge is -2.12. The molecule has 1 unspecified atom stereocenters. The summed E-state index contributed by atoms with van der Waals surface area (Å²) < 4.78 is 7.07. The average molecular weight is 489 g/mol. The fraction of sp³-hybridized carbons (Fsp3) is 0.143. The summed E-state index contributed by atoms with van der Waals surface area (Å²) in [6, 6.07) is 10.4. The standard InChI is InChI=1S/C21H17ClN4O4S2/c1-10-15-9-16(32-20(15)26(25-10)13-5-3-4-12(22)8-13)21(29)30-11(2)18(28)24-19-14(17(23)27)6-7-31-19/h3-9,11H,1-2H3,(H2,23,27)(H,24,28). The fourth-order valence-corrected chi connectivity index (χ4v) is 5.06. The second-order valence-electron chi connectivity index (χ2n) is 6.87. The molecular weight excluding hydrogens is 472 g/mol. The van der Waals surface area contributed by atoms with Crippen LogP contribution in [0.4, 0.5) is 5.00 Å². The molecular formula is C21H17ClN4O4S2. The number of carbonyl (C=O) groups is 3. The lowest BCUT2D eigenvalue weighted by atomic mass is 10.3. The molecule has 0 aliphatic carbocycles. The van der Waals surface area contributed by atoms with Gasteiger partial charge in [0, 0.05) is 10.4 Å². The Morgan fingerprint density at radius 2 is 2.03 bits per heavy atom. The van der Waals surface area contributed by atoms with Crippen LogP contribution in [0.15, 0.2) is 41.8 Å². The minimum absolute atomic E-state index is 0.201. The maximum atomic E-state index is 12.7. The highest BCUT2D eigenvalue weighted by Crippen LogP contribution is 2.31. The second-order valence-corrected chi connectivity index (χ2v) is 9.25.